The van der Waals surface area contributed by atoms with E-state index in [1.807, 2.05) is 23.1 Å². The fraction of sp³-hybridized carbons (Fsp3) is 0.409. The second-order valence-electron chi connectivity index (χ2n) is 7.70. The average molecular weight is 363 g/mol. The van der Waals surface area contributed by atoms with Crippen LogP contribution in [0.15, 0.2) is 41.0 Å². The van der Waals surface area contributed by atoms with E-state index in [1.165, 1.54) is 35.0 Å². The van der Waals surface area contributed by atoms with Crippen molar-refractivity contribution >= 4 is 16.8 Å². The highest BCUT2D eigenvalue weighted by Gasteiger charge is 2.24. The minimum absolute atomic E-state index is 0.153. The monoisotopic (exact) mass is 363 g/mol. The first-order valence-electron chi connectivity index (χ1n) is 9.95. The molecule has 1 amide bonds. The zero-order chi connectivity index (χ0) is 18.2. The average Bonchev–Trinajstić information content (AvgIpc) is 3.35. The molecule has 2 aliphatic rings. The predicted octanol–water partition coefficient (Wildman–Crippen LogP) is 3.60. The molecule has 27 heavy (non-hydrogen) atoms. The topological polar surface area (TPSA) is 52.5 Å². The third-order valence-electron chi connectivity index (χ3n) is 5.96. The van der Waals surface area contributed by atoms with E-state index in [1.54, 1.807) is 6.26 Å². The number of carbonyl (C=O) groups is 1. The first-order valence-corrected chi connectivity index (χ1v) is 9.95. The molecule has 1 fully saturated rings. The third-order valence-corrected chi connectivity index (χ3v) is 5.96. The highest BCUT2D eigenvalue weighted by molar-refractivity contribution is 5.99. The summed E-state index contributed by atoms with van der Waals surface area (Å²) in [4.78, 5) is 20.9. The lowest BCUT2D eigenvalue weighted by Gasteiger charge is -2.34. The van der Waals surface area contributed by atoms with E-state index in [-0.39, 0.29) is 5.91 Å². The Hall–Kier alpha value is -2.53. The Morgan fingerprint density at radius 2 is 1.93 bits per heavy atom. The standard InChI is InChI=1S/C22H25N3O2/c26-22(25-11-9-24(10-12-25)15-17-4-3-13-27-17)16-7-8-21-19(14-16)18-5-1-2-6-20(18)23-21/h3-4,7-8,13-14,23H,1-2,5-6,9-12,15H2. The van der Waals surface area contributed by atoms with Crippen molar-refractivity contribution in [3.8, 4) is 0 Å². The zero-order valence-electron chi connectivity index (χ0n) is 15.5. The van der Waals surface area contributed by atoms with Gasteiger partial charge in [-0.15, -0.1) is 0 Å². The molecule has 0 spiro atoms. The maximum absolute atomic E-state index is 13.0. The van der Waals surface area contributed by atoms with Gasteiger partial charge in [0.05, 0.1) is 12.8 Å². The number of fused-ring (bicyclic) bond motifs is 3. The van der Waals surface area contributed by atoms with Crippen LogP contribution < -0.4 is 0 Å². The van der Waals surface area contributed by atoms with Crippen LogP contribution in [0.4, 0.5) is 0 Å². The molecule has 0 saturated carbocycles. The number of furan rings is 1. The van der Waals surface area contributed by atoms with Gasteiger partial charge < -0.3 is 14.3 Å². The van der Waals surface area contributed by atoms with Gasteiger partial charge in [-0.05, 0) is 61.6 Å². The lowest BCUT2D eigenvalue weighted by molar-refractivity contribution is 0.0620. The van der Waals surface area contributed by atoms with Gasteiger partial charge in [-0.1, -0.05) is 0 Å². The number of aryl methyl sites for hydroxylation is 2. The van der Waals surface area contributed by atoms with Crippen molar-refractivity contribution < 1.29 is 9.21 Å². The molecule has 140 valence electrons. The molecular formula is C22H25N3O2. The van der Waals surface area contributed by atoms with Crippen molar-refractivity contribution in [1.82, 2.24) is 14.8 Å². The number of aromatic nitrogens is 1. The lowest BCUT2D eigenvalue weighted by Crippen LogP contribution is -2.48. The van der Waals surface area contributed by atoms with Crippen molar-refractivity contribution in [3.05, 3.63) is 59.2 Å². The number of hydrogen-bond donors (Lipinski definition) is 1. The van der Waals surface area contributed by atoms with E-state index in [0.29, 0.717) is 0 Å². The van der Waals surface area contributed by atoms with Crippen molar-refractivity contribution in [2.75, 3.05) is 26.2 Å². The van der Waals surface area contributed by atoms with Gasteiger partial charge in [-0.3, -0.25) is 9.69 Å². The second kappa shape index (κ2) is 6.89. The van der Waals surface area contributed by atoms with Gasteiger partial charge in [0.15, 0.2) is 0 Å². The molecule has 0 atom stereocenters. The van der Waals surface area contributed by atoms with Crippen LogP contribution in [-0.4, -0.2) is 46.9 Å². The van der Waals surface area contributed by atoms with Gasteiger partial charge >= 0.3 is 0 Å². The first kappa shape index (κ1) is 16.6. The van der Waals surface area contributed by atoms with Crippen LogP contribution in [0.1, 0.15) is 40.2 Å². The maximum atomic E-state index is 13.0. The number of H-pyrrole nitrogens is 1. The Balaban J connectivity index is 1.29. The van der Waals surface area contributed by atoms with Gasteiger partial charge in [0.2, 0.25) is 0 Å². The molecule has 3 heterocycles. The Morgan fingerprint density at radius 3 is 2.74 bits per heavy atom. The van der Waals surface area contributed by atoms with Crippen LogP contribution in [0.5, 0.6) is 0 Å². The van der Waals surface area contributed by atoms with Crippen LogP contribution in [0.2, 0.25) is 0 Å². The van der Waals surface area contributed by atoms with E-state index >= 15 is 0 Å². The summed E-state index contributed by atoms with van der Waals surface area (Å²) in [6, 6.07) is 10.1. The lowest BCUT2D eigenvalue weighted by atomic mass is 9.95. The molecule has 0 unspecified atom stereocenters. The molecule has 1 aromatic carbocycles. The Kier molecular flexibility index (Phi) is 4.24. The summed E-state index contributed by atoms with van der Waals surface area (Å²) < 4.78 is 5.43. The van der Waals surface area contributed by atoms with Crippen molar-refractivity contribution in [2.24, 2.45) is 0 Å². The van der Waals surface area contributed by atoms with Crippen LogP contribution in [-0.2, 0) is 19.4 Å². The number of carbonyl (C=O) groups excluding carboxylic acids is 1. The molecule has 0 bridgehead atoms. The van der Waals surface area contributed by atoms with E-state index in [9.17, 15) is 4.79 Å². The quantitative estimate of drug-likeness (QED) is 0.774. The first-order chi connectivity index (χ1) is 13.3. The number of benzene rings is 1. The van der Waals surface area contributed by atoms with Crippen LogP contribution in [0.25, 0.3) is 10.9 Å². The number of piperazine rings is 1. The number of amides is 1. The van der Waals surface area contributed by atoms with Crippen molar-refractivity contribution in [3.63, 3.8) is 0 Å². The summed E-state index contributed by atoms with van der Waals surface area (Å²) >= 11 is 0. The van der Waals surface area contributed by atoms with Crippen LogP contribution in [0, 0.1) is 0 Å². The highest BCUT2D eigenvalue weighted by Crippen LogP contribution is 2.30. The molecule has 2 aromatic heterocycles. The Labute approximate surface area is 158 Å². The fourth-order valence-electron chi connectivity index (χ4n) is 4.45. The molecule has 5 rings (SSSR count). The molecule has 1 saturated heterocycles. The molecule has 1 N–H and O–H groups in total. The highest BCUT2D eigenvalue weighted by atomic mass is 16.3. The number of rotatable bonds is 3. The summed E-state index contributed by atoms with van der Waals surface area (Å²) in [5, 5.41) is 1.24. The van der Waals surface area contributed by atoms with Gasteiger partial charge in [0.25, 0.3) is 5.91 Å². The molecular weight excluding hydrogens is 338 g/mol. The Bertz CT molecular complexity index is 950. The second-order valence-corrected chi connectivity index (χ2v) is 7.70. The summed E-state index contributed by atoms with van der Waals surface area (Å²) in [7, 11) is 0. The minimum atomic E-state index is 0.153. The SMILES string of the molecule is O=C(c1ccc2[nH]c3c(c2c1)CCCC3)N1CCN(Cc2ccco2)CC1. The van der Waals surface area contributed by atoms with Gasteiger partial charge in [0.1, 0.15) is 5.76 Å². The Morgan fingerprint density at radius 1 is 1.07 bits per heavy atom. The molecule has 5 heteroatoms. The van der Waals surface area contributed by atoms with E-state index in [4.69, 9.17) is 4.42 Å². The van der Waals surface area contributed by atoms with Gasteiger partial charge in [0, 0.05) is 48.3 Å². The number of nitrogens with one attached hydrogen (secondary N) is 1. The summed E-state index contributed by atoms with van der Waals surface area (Å²) in [6.07, 6.45) is 6.47. The zero-order valence-corrected chi connectivity index (χ0v) is 15.5. The van der Waals surface area contributed by atoms with E-state index < -0.39 is 0 Å². The van der Waals surface area contributed by atoms with Crippen molar-refractivity contribution in [2.45, 2.75) is 32.2 Å². The van der Waals surface area contributed by atoms with E-state index in [0.717, 1.165) is 56.9 Å². The summed E-state index contributed by atoms with van der Waals surface area (Å²) in [5.41, 5.74) is 4.78. The minimum Gasteiger partial charge on any atom is -0.468 e. The van der Waals surface area contributed by atoms with Crippen LogP contribution in [0.3, 0.4) is 0 Å². The fourth-order valence-corrected chi connectivity index (χ4v) is 4.45. The van der Waals surface area contributed by atoms with Crippen molar-refractivity contribution in [1.29, 1.82) is 0 Å². The molecule has 3 aromatic rings. The normalized spacial score (nSPS) is 18.0. The third kappa shape index (κ3) is 3.16. The molecule has 1 aliphatic carbocycles. The number of aromatic amines is 1. The maximum Gasteiger partial charge on any atom is 0.253 e. The van der Waals surface area contributed by atoms with Gasteiger partial charge in [-0.25, -0.2) is 0 Å². The molecule has 5 nitrogen and oxygen atoms in total. The van der Waals surface area contributed by atoms with Crippen LogP contribution >= 0.6 is 0 Å². The number of nitrogens with zero attached hydrogens (tertiary/aromatic N) is 2. The van der Waals surface area contributed by atoms with Gasteiger partial charge in [-0.2, -0.15) is 0 Å². The smallest absolute Gasteiger partial charge is 0.253 e. The van der Waals surface area contributed by atoms with E-state index in [2.05, 4.69) is 22.0 Å². The largest absolute Gasteiger partial charge is 0.468 e. The molecule has 0 radical (unpaired) electrons. The number of hydrogen-bond acceptors (Lipinski definition) is 3. The predicted molar refractivity (Wildman–Crippen MR) is 105 cm³/mol. The summed E-state index contributed by atoms with van der Waals surface area (Å²) in [5.74, 6) is 1.14. The summed E-state index contributed by atoms with van der Waals surface area (Å²) in [6.45, 7) is 4.12. The molecule has 1 aliphatic heterocycles.